The molecule has 1 saturated heterocycles. The summed E-state index contributed by atoms with van der Waals surface area (Å²) in [5, 5.41) is -0.330. The Balaban J connectivity index is 2.27. The molecular weight excluding hydrogens is 274 g/mol. The molecule has 2 rings (SSSR count). The number of hydrogen-bond acceptors (Lipinski definition) is 2. The van der Waals surface area contributed by atoms with E-state index in [4.69, 9.17) is 17.3 Å². The molecule has 0 aromatic heterocycles. The smallest absolute Gasteiger partial charge is 0.257 e. The van der Waals surface area contributed by atoms with Crippen LogP contribution in [0, 0.1) is 17.6 Å². The fourth-order valence-corrected chi connectivity index (χ4v) is 2.59. The minimum atomic E-state index is -0.806. The maximum atomic E-state index is 13.7. The molecule has 0 radical (unpaired) electrons. The highest BCUT2D eigenvalue weighted by molar-refractivity contribution is 6.30. The van der Waals surface area contributed by atoms with E-state index in [0.717, 1.165) is 18.6 Å². The molecule has 0 saturated carbocycles. The van der Waals surface area contributed by atoms with Gasteiger partial charge in [-0.2, -0.15) is 0 Å². The van der Waals surface area contributed by atoms with Gasteiger partial charge in [-0.25, -0.2) is 8.78 Å². The van der Waals surface area contributed by atoms with E-state index in [0.29, 0.717) is 13.1 Å². The van der Waals surface area contributed by atoms with E-state index in [9.17, 15) is 13.6 Å². The Morgan fingerprint density at radius 1 is 1.47 bits per heavy atom. The molecule has 1 aliphatic rings. The lowest BCUT2D eigenvalue weighted by atomic mass is 10.1. The molecule has 2 unspecified atom stereocenters. The van der Waals surface area contributed by atoms with E-state index in [1.54, 1.807) is 0 Å². The fourth-order valence-electron chi connectivity index (χ4n) is 2.44. The zero-order valence-corrected chi connectivity index (χ0v) is 11.3. The van der Waals surface area contributed by atoms with Crippen LogP contribution in [0.2, 0.25) is 5.02 Å². The fraction of sp³-hybridized carbons (Fsp3) is 0.462. The highest BCUT2D eigenvalue weighted by Crippen LogP contribution is 2.26. The summed E-state index contributed by atoms with van der Waals surface area (Å²) in [6.45, 7) is 2.82. The molecule has 3 nitrogen and oxygen atoms in total. The number of rotatable bonds is 2. The first-order valence-electron chi connectivity index (χ1n) is 6.09. The van der Waals surface area contributed by atoms with Gasteiger partial charge in [0.1, 0.15) is 11.6 Å². The molecule has 1 heterocycles. The van der Waals surface area contributed by atoms with E-state index in [1.165, 1.54) is 4.90 Å². The first-order chi connectivity index (χ1) is 8.93. The molecule has 1 fully saturated rings. The molecule has 19 heavy (non-hydrogen) atoms. The van der Waals surface area contributed by atoms with Crippen molar-refractivity contribution >= 4 is 17.5 Å². The lowest BCUT2D eigenvalue weighted by Crippen LogP contribution is -2.35. The van der Waals surface area contributed by atoms with Crippen LogP contribution < -0.4 is 5.73 Å². The molecule has 1 aliphatic heterocycles. The van der Waals surface area contributed by atoms with Crippen molar-refractivity contribution in [2.75, 3.05) is 13.1 Å². The molecule has 6 heteroatoms. The summed E-state index contributed by atoms with van der Waals surface area (Å²) < 4.78 is 27.1. The third kappa shape index (κ3) is 2.72. The van der Waals surface area contributed by atoms with Gasteiger partial charge in [0.15, 0.2) is 0 Å². The van der Waals surface area contributed by atoms with Crippen LogP contribution in [0.4, 0.5) is 8.78 Å². The largest absolute Gasteiger partial charge is 0.336 e. The second kappa shape index (κ2) is 5.43. The Morgan fingerprint density at radius 2 is 2.16 bits per heavy atom. The van der Waals surface area contributed by atoms with Crippen molar-refractivity contribution in [1.82, 2.24) is 4.90 Å². The Morgan fingerprint density at radius 3 is 2.74 bits per heavy atom. The van der Waals surface area contributed by atoms with Crippen molar-refractivity contribution < 1.29 is 13.6 Å². The van der Waals surface area contributed by atoms with Crippen LogP contribution in [0.3, 0.4) is 0 Å². The Bertz CT molecular complexity index is 510. The Labute approximate surface area is 115 Å². The van der Waals surface area contributed by atoms with Crippen LogP contribution >= 0.6 is 11.6 Å². The summed E-state index contributed by atoms with van der Waals surface area (Å²) in [5.41, 5.74) is 5.30. The summed E-state index contributed by atoms with van der Waals surface area (Å²) in [7, 11) is 0. The van der Waals surface area contributed by atoms with Gasteiger partial charge in [-0.3, -0.25) is 4.79 Å². The molecular formula is C13H15ClF2N2O. The van der Waals surface area contributed by atoms with E-state index in [2.05, 4.69) is 0 Å². The molecule has 1 aromatic rings. The molecule has 2 atom stereocenters. The Kier molecular flexibility index (Phi) is 4.06. The van der Waals surface area contributed by atoms with Gasteiger partial charge >= 0.3 is 0 Å². The van der Waals surface area contributed by atoms with Crippen LogP contribution in [0.15, 0.2) is 12.1 Å². The van der Waals surface area contributed by atoms with E-state index in [1.807, 2.05) is 6.92 Å². The van der Waals surface area contributed by atoms with Crippen LogP contribution in [-0.4, -0.2) is 29.9 Å². The van der Waals surface area contributed by atoms with Gasteiger partial charge in [0.2, 0.25) is 0 Å². The topological polar surface area (TPSA) is 46.3 Å². The summed E-state index contributed by atoms with van der Waals surface area (Å²) in [6.07, 6.45) is 0.778. The normalized spacial score (nSPS) is 22.9. The molecule has 1 aromatic carbocycles. The molecule has 0 bridgehead atoms. The number of carbonyl (C=O) groups excluding carboxylic acids is 1. The SMILES string of the molecule is CC1CC(CN)CN1C(=O)c1cc(F)c(Cl)cc1F. The summed E-state index contributed by atoms with van der Waals surface area (Å²) >= 11 is 5.47. The quantitative estimate of drug-likeness (QED) is 0.850. The lowest BCUT2D eigenvalue weighted by Gasteiger charge is -2.22. The van der Waals surface area contributed by atoms with Gasteiger partial charge in [-0.1, -0.05) is 11.6 Å². The number of carbonyl (C=O) groups is 1. The van der Waals surface area contributed by atoms with Crippen LogP contribution in [0.5, 0.6) is 0 Å². The number of amides is 1. The first-order valence-corrected chi connectivity index (χ1v) is 6.47. The molecule has 0 spiro atoms. The van der Waals surface area contributed by atoms with Gasteiger partial charge in [0, 0.05) is 12.6 Å². The zero-order valence-electron chi connectivity index (χ0n) is 10.5. The standard InChI is InChI=1S/C13H15ClF2N2O/c1-7-2-8(5-17)6-18(7)13(19)9-3-12(16)10(14)4-11(9)15/h3-4,7-8H,2,5-6,17H2,1H3. The van der Waals surface area contributed by atoms with Crippen molar-refractivity contribution in [3.8, 4) is 0 Å². The summed E-state index contributed by atoms with van der Waals surface area (Å²) in [6, 6.07) is 1.65. The first kappa shape index (κ1) is 14.2. The second-order valence-electron chi connectivity index (χ2n) is 4.89. The third-order valence-electron chi connectivity index (χ3n) is 3.50. The van der Waals surface area contributed by atoms with Gasteiger partial charge < -0.3 is 10.6 Å². The van der Waals surface area contributed by atoms with E-state index in [-0.39, 0.29) is 22.5 Å². The van der Waals surface area contributed by atoms with E-state index < -0.39 is 17.5 Å². The number of likely N-dealkylation sites (tertiary alicyclic amines) is 1. The average molecular weight is 289 g/mol. The Hall–Kier alpha value is -1.20. The maximum absolute atomic E-state index is 13.7. The molecule has 2 N–H and O–H groups in total. The summed E-state index contributed by atoms with van der Waals surface area (Å²) in [4.78, 5) is 13.8. The maximum Gasteiger partial charge on any atom is 0.257 e. The number of hydrogen-bond donors (Lipinski definition) is 1. The zero-order chi connectivity index (χ0) is 14.2. The number of nitrogens with zero attached hydrogens (tertiary/aromatic N) is 1. The number of halogens is 3. The molecule has 1 amide bonds. The van der Waals surface area contributed by atoms with Crippen molar-refractivity contribution in [2.24, 2.45) is 11.7 Å². The van der Waals surface area contributed by atoms with Crippen molar-refractivity contribution in [3.05, 3.63) is 34.4 Å². The average Bonchev–Trinajstić information content (AvgIpc) is 2.74. The molecule has 104 valence electrons. The highest BCUT2D eigenvalue weighted by Gasteiger charge is 2.33. The van der Waals surface area contributed by atoms with E-state index >= 15 is 0 Å². The molecule has 0 aliphatic carbocycles. The van der Waals surface area contributed by atoms with Crippen LogP contribution in [0.25, 0.3) is 0 Å². The van der Waals surface area contributed by atoms with Gasteiger partial charge in [0.25, 0.3) is 5.91 Å². The number of nitrogens with two attached hydrogens (primary N) is 1. The summed E-state index contributed by atoms with van der Waals surface area (Å²) in [5.74, 6) is -1.91. The van der Waals surface area contributed by atoms with Crippen LogP contribution in [0.1, 0.15) is 23.7 Å². The minimum absolute atomic E-state index is 0.0285. The van der Waals surface area contributed by atoms with Crippen molar-refractivity contribution in [3.63, 3.8) is 0 Å². The predicted octanol–water partition coefficient (Wildman–Crippen LogP) is 2.43. The second-order valence-corrected chi connectivity index (χ2v) is 5.30. The van der Waals surface area contributed by atoms with Crippen molar-refractivity contribution in [1.29, 1.82) is 0 Å². The van der Waals surface area contributed by atoms with Gasteiger partial charge in [-0.05, 0) is 37.9 Å². The number of benzene rings is 1. The monoisotopic (exact) mass is 288 g/mol. The van der Waals surface area contributed by atoms with Crippen LogP contribution in [-0.2, 0) is 0 Å². The lowest BCUT2D eigenvalue weighted by molar-refractivity contribution is 0.0738. The highest BCUT2D eigenvalue weighted by atomic mass is 35.5. The predicted molar refractivity (Wildman–Crippen MR) is 69.0 cm³/mol. The van der Waals surface area contributed by atoms with Gasteiger partial charge in [0.05, 0.1) is 10.6 Å². The van der Waals surface area contributed by atoms with Gasteiger partial charge in [-0.15, -0.1) is 0 Å². The van der Waals surface area contributed by atoms with Crippen molar-refractivity contribution in [2.45, 2.75) is 19.4 Å². The third-order valence-corrected chi connectivity index (χ3v) is 3.79. The minimum Gasteiger partial charge on any atom is -0.336 e.